The van der Waals surface area contributed by atoms with Crippen LogP contribution in [0, 0.1) is 6.92 Å². The van der Waals surface area contributed by atoms with Gasteiger partial charge in [-0.1, -0.05) is 36.4 Å². The lowest BCUT2D eigenvalue weighted by Crippen LogP contribution is -2.04. The Morgan fingerprint density at radius 1 is 1.16 bits per heavy atom. The van der Waals surface area contributed by atoms with Crippen LogP contribution in [0.15, 0.2) is 48.5 Å². The average molecular weight is 256 g/mol. The second-order valence-corrected chi connectivity index (χ2v) is 4.37. The Bertz CT molecular complexity index is 561. The van der Waals surface area contributed by atoms with E-state index in [0.29, 0.717) is 12.4 Å². The zero-order valence-corrected chi connectivity index (χ0v) is 10.8. The van der Waals surface area contributed by atoms with Crippen molar-refractivity contribution in [3.63, 3.8) is 0 Å². The summed E-state index contributed by atoms with van der Waals surface area (Å²) in [6, 6.07) is 15.0. The lowest BCUT2D eigenvalue weighted by atomic mass is 10.1. The maximum atomic E-state index is 10.9. The molecule has 2 aromatic carbocycles. The quantitative estimate of drug-likeness (QED) is 0.892. The third kappa shape index (κ3) is 3.58. The van der Waals surface area contributed by atoms with Crippen molar-refractivity contribution in [3.05, 3.63) is 65.2 Å². The largest absolute Gasteiger partial charge is 0.493 e. The summed E-state index contributed by atoms with van der Waals surface area (Å²) in [5.41, 5.74) is 2.40. The Hall–Kier alpha value is -2.29. The Morgan fingerprint density at radius 2 is 1.89 bits per heavy atom. The standard InChI is InChI=1S/C16H16O3/c1-12-7-8-14(16(17)18)11-15(12)19-10-9-13-5-3-2-4-6-13/h2-8,11H,9-10H2,1H3,(H,17,18). The van der Waals surface area contributed by atoms with Crippen molar-refractivity contribution in [1.82, 2.24) is 0 Å². The van der Waals surface area contributed by atoms with Crippen LogP contribution in [0.25, 0.3) is 0 Å². The number of hydrogen-bond acceptors (Lipinski definition) is 2. The molecule has 3 heteroatoms. The number of rotatable bonds is 5. The molecule has 2 rings (SSSR count). The molecule has 98 valence electrons. The van der Waals surface area contributed by atoms with Gasteiger partial charge in [0.25, 0.3) is 0 Å². The summed E-state index contributed by atoms with van der Waals surface area (Å²) in [6.45, 7) is 2.44. The first-order chi connectivity index (χ1) is 9.16. The molecule has 2 aromatic rings. The van der Waals surface area contributed by atoms with E-state index in [-0.39, 0.29) is 5.56 Å². The fraction of sp³-hybridized carbons (Fsp3) is 0.188. The van der Waals surface area contributed by atoms with Gasteiger partial charge in [-0.05, 0) is 30.2 Å². The molecular weight excluding hydrogens is 240 g/mol. The smallest absolute Gasteiger partial charge is 0.335 e. The molecule has 0 radical (unpaired) electrons. The van der Waals surface area contributed by atoms with Crippen LogP contribution in [0.5, 0.6) is 5.75 Å². The van der Waals surface area contributed by atoms with Gasteiger partial charge in [-0.25, -0.2) is 4.79 Å². The summed E-state index contributed by atoms with van der Waals surface area (Å²) >= 11 is 0. The van der Waals surface area contributed by atoms with Crippen molar-refractivity contribution in [2.75, 3.05) is 6.61 Å². The van der Waals surface area contributed by atoms with E-state index in [1.807, 2.05) is 37.3 Å². The van der Waals surface area contributed by atoms with E-state index in [2.05, 4.69) is 0 Å². The Labute approximate surface area is 112 Å². The van der Waals surface area contributed by atoms with Crippen molar-refractivity contribution in [2.24, 2.45) is 0 Å². The second-order valence-electron chi connectivity index (χ2n) is 4.37. The molecule has 19 heavy (non-hydrogen) atoms. The normalized spacial score (nSPS) is 10.2. The summed E-state index contributed by atoms with van der Waals surface area (Å²) < 4.78 is 5.67. The van der Waals surface area contributed by atoms with Gasteiger partial charge in [0.2, 0.25) is 0 Å². The topological polar surface area (TPSA) is 46.5 Å². The minimum atomic E-state index is -0.937. The number of aryl methyl sites for hydroxylation is 1. The first kappa shape index (κ1) is 13.1. The summed E-state index contributed by atoms with van der Waals surface area (Å²) in [6.07, 6.45) is 0.803. The third-order valence-corrected chi connectivity index (χ3v) is 2.93. The highest BCUT2D eigenvalue weighted by Crippen LogP contribution is 2.20. The molecule has 0 saturated heterocycles. The van der Waals surface area contributed by atoms with Crippen LogP contribution < -0.4 is 4.74 Å². The van der Waals surface area contributed by atoms with Gasteiger partial charge in [-0.2, -0.15) is 0 Å². The van der Waals surface area contributed by atoms with Crippen LogP contribution in [0.4, 0.5) is 0 Å². The molecule has 0 fully saturated rings. The monoisotopic (exact) mass is 256 g/mol. The Balaban J connectivity index is 1.99. The number of carboxylic acids is 1. The van der Waals surface area contributed by atoms with Crippen LogP contribution in [-0.2, 0) is 6.42 Å². The van der Waals surface area contributed by atoms with Gasteiger partial charge < -0.3 is 9.84 Å². The van der Waals surface area contributed by atoms with Gasteiger partial charge in [-0.3, -0.25) is 0 Å². The first-order valence-corrected chi connectivity index (χ1v) is 6.17. The number of benzene rings is 2. The fourth-order valence-electron chi connectivity index (χ4n) is 1.81. The predicted molar refractivity (Wildman–Crippen MR) is 73.8 cm³/mol. The van der Waals surface area contributed by atoms with E-state index in [4.69, 9.17) is 9.84 Å². The zero-order valence-electron chi connectivity index (χ0n) is 10.8. The van der Waals surface area contributed by atoms with E-state index in [9.17, 15) is 4.79 Å². The van der Waals surface area contributed by atoms with Crippen molar-refractivity contribution >= 4 is 5.97 Å². The van der Waals surface area contributed by atoms with Gasteiger partial charge in [-0.15, -0.1) is 0 Å². The number of ether oxygens (including phenoxy) is 1. The van der Waals surface area contributed by atoms with E-state index >= 15 is 0 Å². The van der Waals surface area contributed by atoms with Gasteiger partial charge >= 0.3 is 5.97 Å². The van der Waals surface area contributed by atoms with Crippen molar-refractivity contribution in [1.29, 1.82) is 0 Å². The highest BCUT2D eigenvalue weighted by molar-refractivity contribution is 5.88. The minimum Gasteiger partial charge on any atom is -0.493 e. The molecule has 0 aliphatic rings. The third-order valence-electron chi connectivity index (χ3n) is 2.93. The fourth-order valence-corrected chi connectivity index (χ4v) is 1.81. The highest BCUT2D eigenvalue weighted by Gasteiger charge is 2.07. The maximum Gasteiger partial charge on any atom is 0.335 e. The van der Waals surface area contributed by atoms with Crippen LogP contribution in [-0.4, -0.2) is 17.7 Å². The van der Waals surface area contributed by atoms with Crippen molar-refractivity contribution in [3.8, 4) is 5.75 Å². The van der Waals surface area contributed by atoms with E-state index < -0.39 is 5.97 Å². The van der Waals surface area contributed by atoms with Gasteiger partial charge in [0.15, 0.2) is 0 Å². The van der Waals surface area contributed by atoms with E-state index in [1.165, 1.54) is 5.56 Å². The van der Waals surface area contributed by atoms with Crippen LogP contribution in [0.2, 0.25) is 0 Å². The molecule has 0 unspecified atom stereocenters. The highest BCUT2D eigenvalue weighted by atomic mass is 16.5. The molecule has 0 atom stereocenters. The molecule has 0 aliphatic heterocycles. The maximum absolute atomic E-state index is 10.9. The van der Waals surface area contributed by atoms with Crippen LogP contribution >= 0.6 is 0 Å². The average Bonchev–Trinajstić information content (AvgIpc) is 2.42. The minimum absolute atomic E-state index is 0.250. The molecule has 1 N–H and O–H groups in total. The lowest BCUT2D eigenvalue weighted by Gasteiger charge is -2.10. The molecule has 0 heterocycles. The SMILES string of the molecule is Cc1ccc(C(=O)O)cc1OCCc1ccccc1. The molecule has 0 aromatic heterocycles. The molecule has 0 aliphatic carbocycles. The van der Waals surface area contributed by atoms with Gasteiger partial charge in [0, 0.05) is 6.42 Å². The summed E-state index contributed by atoms with van der Waals surface area (Å²) in [5.74, 6) is -0.302. The summed E-state index contributed by atoms with van der Waals surface area (Å²) in [5, 5.41) is 8.95. The molecular formula is C16H16O3. The van der Waals surface area contributed by atoms with Gasteiger partial charge in [0.05, 0.1) is 12.2 Å². The van der Waals surface area contributed by atoms with Crippen molar-refractivity contribution < 1.29 is 14.6 Å². The Kier molecular flexibility index (Phi) is 4.18. The number of carbonyl (C=O) groups is 1. The van der Waals surface area contributed by atoms with E-state index in [1.54, 1.807) is 18.2 Å². The van der Waals surface area contributed by atoms with E-state index in [0.717, 1.165) is 12.0 Å². The number of hydrogen-bond donors (Lipinski definition) is 1. The van der Waals surface area contributed by atoms with Gasteiger partial charge in [0.1, 0.15) is 5.75 Å². The lowest BCUT2D eigenvalue weighted by molar-refractivity contribution is 0.0696. The molecule has 0 saturated carbocycles. The zero-order chi connectivity index (χ0) is 13.7. The van der Waals surface area contributed by atoms with Crippen LogP contribution in [0.3, 0.4) is 0 Å². The molecule has 0 amide bonds. The molecule has 3 nitrogen and oxygen atoms in total. The predicted octanol–water partition coefficient (Wildman–Crippen LogP) is 3.31. The Morgan fingerprint density at radius 3 is 2.58 bits per heavy atom. The summed E-state index contributed by atoms with van der Waals surface area (Å²) in [4.78, 5) is 10.9. The second kappa shape index (κ2) is 6.05. The number of aromatic carboxylic acids is 1. The first-order valence-electron chi connectivity index (χ1n) is 6.17. The summed E-state index contributed by atoms with van der Waals surface area (Å²) in [7, 11) is 0. The number of carboxylic acid groups (broad SMARTS) is 1. The van der Waals surface area contributed by atoms with Crippen molar-refractivity contribution in [2.45, 2.75) is 13.3 Å². The molecule has 0 spiro atoms. The molecule has 0 bridgehead atoms. The van der Waals surface area contributed by atoms with Crippen LogP contribution in [0.1, 0.15) is 21.5 Å².